The van der Waals surface area contributed by atoms with Gasteiger partial charge in [0.15, 0.2) is 11.5 Å². The van der Waals surface area contributed by atoms with Crippen LogP contribution in [0, 0.1) is 5.92 Å². The van der Waals surface area contributed by atoms with Crippen molar-refractivity contribution in [3.63, 3.8) is 0 Å². The van der Waals surface area contributed by atoms with Crippen molar-refractivity contribution in [2.45, 2.75) is 12.8 Å². The minimum absolute atomic E-state index is 0.124. The van der Waals surface area contributed by atoms with Gasteiger partial charge in [0.25, 0.3) is 5.91 Å². The first-order chi connectivity index (χ1) is 9.11. The molecule has 1 saturated heterocycles. The maximum atomic E-state index is 11.7. The third kappa shape index (κ3) is 3.20. The molecule has 0 aromatic carbocycles. The van der Waals surface area contributed by atoms with Crippen LogP contribution in [0.3, 0.4) is 0 Å². The lowest BCUT2D eigenvalue weighted by atomic mass is 9.97. The number of piperidine rings is 1. The summed E-state index contributed by atoms with van der Waals surface area (Å²) in [5.74, 6) is 1.34. The molecule has 1 aromatic rings. The Kier molecular flexibility index (Phi) is 4.31. The third-order valence-corrected chi connectivity index (χ3v) is 3.55. The maximum absolute atomic E-state index is 11.7. The van der Waals surface area contributed by atoms with E-state index in [1.54, 1.807) is 20.2 Å². The molecule has 0 atom stereocenters. The SMILES string of the molecule is CN(C)C(=O)c1ccc(N2CCC(CN)CC2)nn1. The number of nitrogens with two attached hydrogens (primary N) is 1. The van der Waals surface area contributed by atoms with Gasteiger partial charge in [-0.3, -0.25) is 4.79 Å². The van der Waals surface area contributed by atoms with E-state index in [9.17, 15) is 4.79 Å². The van der Waals surface area contributed by atoms with Gasteiger partial charge >= 0.3 is 0 Å². The van der Waals surface area contributed by atoms with Crippen molar-refractivity contribution in [2.75, 3.05) is 38.6 Å². The first-order valence-corrected chi connectivity index (χ1v) is 6.62. The van der Waals surface area contributed by atoms with Crippen LogP contribution in [0.25, 0.3) is 0 Å². The normalized spacial score (nSPS) is 16.5. The smallest absolute Gasteiger partial charge is 0.273 e. The molecule has 2 rings (SSSR count). The summed E-state index contributed by atoms with van der Waals surface area (Å²) in [7, 11) is 3.41. The highest BCUT2D eigenvalue weighted by Crippen LogP contribution is 2.20. The van der Waals surface area contributed by atoms with E-state index in [1.165, 1.54) is 4.90 Å². The van der Waals surface area contributed by atoms with Gasteiger partial charge in [0, 0.05) is 27.2 Å². The van der Waals surface area contributed by atoms with Crippen molar-refractivity contribution in [3.8, 4) is 0 Å². The highest BCUT2D eigenvalue weighted by molar-refractivity contribution is 5.91. The monoisotopic (exact) mass is 263 g/mol. The molecule has 104 valence electrons. The highest BCUT2D eigenvalue weighted by Gasteiger charge is 2.19. The molecule has 0 radical (unpaired) electrons. The number of rotatable bonds is 3. The molecular weight excluding hydrogens is 242 g/mol. The Morgan fingerprint density at radius 2 is 2.05 bits per heavy atom. The quantitative estimate of drug-likeness (QED) is 0.852. The largest absolute Gasteiger partial charge is 0.355 e. The standard InChI is InChI=1S/C13H21N5O/c1-17(2)13(19)11-3-4-12(16-15-11)18-7-5-10(9-14)6-8-18/h3-4,10H,5-9,14H2,1-2H3. The summed E-state index contributed by atoms with van der Waals surface area (Å²) in [5, 5.41) is 8.16. The van der Waals surface area contributed by atoms with Crippen molar-refractivity contribution in [3.05, 3.63) is 17.8 Å². The highest BCUT2D eigenvalue weighted by atomic mass is 16.2. The van der Waals surface area contributed by atoms with E-state index < -0.39 is 0 Å². The molecule has 2 N–H and O–H groups in total. The van der Waals surface area contributed by atoms with Crippen molar-refractivity contribution >= 4 is 11.7 Å². The zero-order chi connectivity index (χ0) is 13.8. The van der Waals surface area contributed by atoms with Crippen LogP contribution in [0.2, 0.25) is 0 Å². The van der Waals surface area contributed by atoms with E-state index in [0.717, 1.165) is 38.3 Å². The fourth-order valence-electron chi connectivity index (χ4n) is 2.23. The Balaban J connectivity index is 2.01. The molecule has 0 spiro atoms. The van der Waals surface area contributed by atoms with Crippen LogP contribution in [0.1, 0.15) is 23.3 Å². The van der Waals surface area contributed by atoms with Crippen LogP contribution in [0.5, 0.6) is 0 Å². The Labute approximate surface area is 113 Å². The molecule has 0 bridgehead atoms. The van der Waals surface area contributed by atoms with Crippen LogP contribution in [-0.4, -0.2) is 54.7 Å². The number of amides is 1. The Morgan fingerprint density at radius 3 is 2.53 bits per heavy atom. The molecule has 19 heavy (non-hydrogen) atoms. The predicted octanol–water partition coefficient (Wildman–Crippen LogP) is 0.354. The van der Waals surface area contributed by atoms with Gasteiger partial charge in [-0.25, -0.2) is 0 Å². The first kappa shape index (κ1) is 13.7. The zero-order valence-corrected chi connectivity index (χ0v) is 11.5. The summed E-state index contributed by atoms with van der Waals surface area (Å²) < 4.78 is 0. The van der Waals surface area contributed by atoms with Gasteiger partial charge in [0.1, 0.15) is 0 Å². The van der Waals surface area contributed by atoms with Crippen LogP contribution < -0.4 is 10.6 Å². The van der Waals surface area contributed by atoms with Crippen molar-refractivity contribution in [1.82, 2.24) is 15.1 Å². The fourth-order valence-corrected chi connectivity index (χ4v) is 2.23. The van der Waals surface area contributed by atoms with Crippen LogP contribution in [0.4, 0.5) is 5.82 Å². The molecule has 0 unspecified atom stereocenters. The topological polar surface area (TPSA) is 75.4 Å². The Hall–Kier alpha value is -1.69. The van der Waals surface area contributed by atoms with Crippen molar-refractivity contribution in [2.24, 2.45) is 11.7 Å². The van der Waals surface area contributed by atoms with Crippen LogP contribution in [0.15, 0.2) is 12.1 Å². The average molecular weight is 263 g/mol. The van der Waals surface area contributed by atoms with Gasteiger partial charge in [-0.1, -0.05) is 0 Å². The van der Waals surface area contributed by atoms with E-state index in [1.807, 2.05) is 6.07 Å². The van der Waals surface area contributed by atoms with E-state index in [4.69, 9.17) is 5.73 Å². The second-order valence-electron chi connectivity index (χ2n) is 5.14. The molecule has 6 nitrogen and oxygen atoms in total. The molecule has 1 aliphatic rings. The number of hydrogen-bond donors (Lipinski definition) is 1. The van der Waals surface area contributed by atoms with E-state index >= 15 is 0 Å². The average Bonchev–Trinajstić information content (AvgIpc) is 2.46. The van der Waals surface area contributed by atoms with Gasteiger partial charge in [-0.15, -0.1) is 10.2 Å². The van der Waals surface area contributed by atoms with E-state index in [2.05, 4.69) is 15.1 Å². The molecule has 1 fully saturated rings. The third-order valence-electron chi connectivity index (χ3n) is 3.55. The van der Waals surface area contributed by atoms with Gasteiger partial charge in [0.05, 0.1) is 0 Å². The lowest BCUT2D eigenvalue weighted by molar-refractivity contribution is 0.0821. The summed E-state index contributed by atoms with van der Waals surface area (Å²) in [6.07, 6.45) is 2.19. The summed E-state index contributed by atoms with van der Waals surface area (Å²) in [5.41, 5.74) is 6.06. The summed E-state index contributed by atoms with van der Waals surface area (Å²) in [6.45, 7) is 2.67. The zero-order valence-electron chi connectivity index (χ0n) is 11.5. The number of anilines is 1. The van der Waals surface area contributed by atoms with Crippen LogP contribution >= 0.6 is 0 Å². The fraction of sp³-hybridized carbons (Fsp3) is 0.615. The number of carbonyl (C=O) groups is 1. The number of aromatic nitrogens is 2. The molecule has 2 heterocycles. The van der Waals surface area contributed by atoms with Gasteiger partial charge in [-0.05, 0) is 37.4 Å². The Bertz CT molecular complexity index is 423. The minimum Gasteiger partial charge on any atom is -0.355 e. The summed E-state index contributed by atoms with van der Waals surface area (Å²) in [6, 6.07) is 3.60. The first-order valence-electron chi connectivity index (χ1n) is 6.62. The lowest BCUT2D eigenvalue weighted by Gasteiger charge is -2.31. The van der Waals surface area contributed by atoms with Crippen molar-refractivity contribution in [1.29, 1.82) is 0 Å². The Morgan fingerprint density at radius 1 is 1.37 bits per heavy atom. The van der Waals surface area contributed by atoms with Gasteiger partial charge in [0.2, 0.25) is 0 Å². The number of carbonyl (C=O) groups excluding carboxylic acids is 1. The van der Waals surface area contributed by atoms with Crippen molar-refractivity contribution < 1.29 is 4.79 Å². The summed E-state index contributed by atoms with van der Waals surface area (Å²) >= 11 is 0. The summed E-state index contributed by atoms with van der Waals surface area (Å²) in [4.78, 5) is 15.4. The number of nitrogens with zero attached hydrogens (tertiary/aromatic N) is 4. The molecule has 6 heteroatoms. The predicted molar refractivity (Wildman–Crippen MR) is 74.0 cm³/mol. The molecule has 1 amide bonds. The van der Waals surface area contributed by atoms with E-state index in [-0.39, 0.29) is 5.91 Å². The van der Waals surface area contributed by atoms with E-state index in [0.29, 0.717) is 11.6 Å². The minimum atomic E-state index is -0.124. The lowest BCUT2D eigenvalue weighted by Crippen LogP contribution is -2.36. The maximum Gasteiger partial charge on any atom is 0.273 e. The number of hydrogen-bond acceptors (Lipinski definition) is 5. The van der Waals surface area contributed by atoms with Gasteiger partial charge < -0.3 is 15.5 Å². The van der Waals surface area contributed by atoms with Crippen LogP contribution in [-0.2, 0) is 0 Å². The molecule has 0 aliphatic carbocycles. The second kappa shape index (κ2) is 5.97. The molecular formula is C13H21N5O. The molecule has 0 saturated carbocycles. The van der Waals surface area contributed by atoms with Gasteiger partial charge in [-0.2, -0.15) is 0 Å². The molecule has 1 aromatic heterocycles. The molecule has 1 aliphatic heterocycles. The second-order valence-corrected chi connectivity index (χ2v) is 5.14.